The first-order chi connectivity index (χ1) is 12.9. The van der Waals surface area contributed by atoms with E-state index in [1.54, 1.807) is 29.2 Å². The van der Waals surface area contributed by atoms with Crippen molar-refractivity contribution in [3.63, 3.8) is 0 Å². The highest BCUT2D eigenvalue weighted by Gasteiger charge is 2.36. The lowest BCUT2D eigenvalue weighted by Gasteiger charge is -2.22. The van der Waals surface area contributed by atoms with Crippen molar-refractivity contribution < 1.29 is 14.4 Å². The summed E-state index contributed by atoms with van der Waals surface area (Å²) in [4.78, 5) is 38.3. The van der Waals surface area contributed by atoms with Gasteiger partial charge in [-0.15, -0.1) is 0 Å². The lowest BCUT2D eigenvalue weighted by atomic mass is 10.0. The number of amides is 2. The molecule has 2 amide bonds. The topological polar surface area (TPSA) is 66.5 Å². The zero-order valence-electron chi connectivity index (χ0n) is 15.9. The van der Waals surface area contributed by atoms with E-state index in [2.05, 4.69) is 12.2 Å². The fourth-order valence-electron chi connectivity index (χ4n) is 3.52. The molecule has 1 unspecified atom stereocenters. The first kappa shape index (κ1) is 18.8. The van der Waals surface area contributed by atoms with Crippen LogP contribution in [0.15, 0.2) is 42.5 Å². The molecule has 0 bridgehead atoms. The van der Waals surface area contributed by atoms with E-state index in [4.69, 9.17) is 0 Å². The second kappa shape index (κ2) is 7.74. The van der Waals surface area contributed by atoms with Gasteiger partial charge in [0, 0.05) is 29.9 Å². The van der Waals surface area contributed by atoms with Gasteiger partial charge in [-0.2, -0.15) is 0 Å². The standard InChI is InChI=1S/C22H24N2O3/c1-4-16-7-5-6-14(2)21(16)24-13-18(12-20(24)26)22(27)23-19-10-8-17(9-11-19)15(3)25/h5-11,18H,4,12-13H2,1-3H3,(H,23,27). The molecule has 5 heteroatoms. The minimum Gasteiger partial charge on any atom is -0.326 e. The van der Waals surface area contributed by atoms with E-state index >= 15 is 0 Å². The minimum absolute atomic E-state index is 0.0186. The fourth-order valence-corrected chi connectivity index (χ4v) is 3.52. The minimum atomic E-state index is -0.394. The maximum Gasteiger partial charge on any atom is 0.229 e. The number of Topliss-reactive ketones (excluding diaryl/α,β-unsaturated/α-hetero) is 1. The normalized spacial score (nSPS) is 16.5. The van der Waals surface area contributed by atoms with E-state index in [1.807, 2.05) is 25.1 Å². The molecule has 1 atom stereocenters. The van der Waals surface area contributed by atoms with Gasteiger partial charge in [0.25, 0.3) is 0 Å². The third-order valence-electron chi connectivity index (χ3n) is 5.03. The van der Waals surface area contributed by atoms with Crippen molar-refractivity contribution in [2.45, 2.75) is 33.6 Å². The van der Waals surface area contributed by atoms with Crippen LogP contribution in [0.2, 0.25) is 0 Å². The van der Waals surface area contributed by atoms with Gasteiger partial charge in [-0.1, -0.05) is 25.1 Å². The van der Waals surface area contributed by atoms with Crippen LogP contribution in [-0.4, -0.2) is 24.1 Å². The molecular formula is C22H24N2O3. The van der Waals surface area contributed by atoms with Crippen LogP contribution in [0.5, 0.6) is 0 Å². The van der Waals surface area contributed by atoms with Crippen LogP contribution < -0.4 is 10.2 Å². The summed E-state index contributed by atoms with van der Waals surface area (Å²) < 4.78 is 0. The van der Waals surface area contributed by atoms with Crippen LogP contribution >= 0.6 is 0 Å². The van der Waals surface area contributed by atoms with Gasteiger partial charge in [-0.25, -0.2) is 0 Å². The molecule has 27 heavy (non-hydrogen) atoms. The highest BCUT2D eigenvalue weighted by molar-refractivity contribution is 6.04. The first-order valence-electron chi connectivity index (χ1n) is 9.21. The van der Waals surface area contributed by atoms with Crippen LogP contribution in [0.4, 0.5) is 11.4 Å². The number of nitrogens with one attached hydrogen (secondary N) is 1. The fraction of sp³-hybridized carbons (Fsp3) is 0.318. The van der Waals surface area contributed by atoms with Gasteiger partial charge < -0.3 is 10.2 Å². The monoisotopic (exact) mass is 364 g/mol. The summed E-state index contributed by atoms with van der Waals surface area (Å²) in [7, 11) is 0. The second-order valence-electron chi connectivity index (χ2n) is 6.96. The molecule has 3 rings (SSSR count). The number of anilines is 2. The smallest absolute Gasteiger partial charge is 0.229 e. The SMILES string of the molecule is CCc1cccc(C)c1N1CC(C(=O)Nc2ccc(C(C)=O)cc2)CC1=O. The number of carbonyl (C=O) groups excluding carboxylic acids is 3. The van der Waals surface area contributed by atoms with Gasteiger partial charge in [0.2, 0.25) is 11.8 Å². The summed E-state index contributed by atoms with van der Waals surface area (Å²) in [6.45, 7) is 5.94. The van der Waals surface area contributed by atoms with E-state index in [9.17, 15) is 14.4 Å². The quantitative estimate of drug-likeness (QED) is 0.822. The summed E-state index contributed by atoms with van der Waals surface area (Å²) >= 11 is 0. The average Bonchev–Trinajstić information content (AvgIpc) is 3.03. The molecule has 1 fully saturated rings. The van der Waals surface area contributed by atoms with Crippen LogP contribution in [0, 0.1) is 12.8 Å². The van der Waals surface area contributed by atoms with Crippen LogP contribution in [0.25, 0.3) is 0 Å². The largest absolute Gasteiger partial charge is 0.326 e. The van der Waals surface area contributed by atoms with E-state index in [0.29, 0.717) is 17.8 Å². The van der Waals surface area contributed by atoms with Crippen LogP contribution in [0.3, 0.4) is 0 Å². The Kier molecular flexibility index (Phi) is 5.40. The Hall–Kier alpha value is -2.95. The predicted molar refractivity (Wildman–Crippen MR) is 106 cm³/mol. The Labute approximate surface area is 159 Å². The summed E-state index contributed by atoms with van der Waals surface area (Å²) in [6.07, 6.45) is 1.04. The summed E-state index contributed by atoms with van der Waals surface area (Å²) in [5.41, 5.74) is 4.32. The number of rotatable bonds is 5. The molecule has 140 valence electrons. The zero-order chi connectivity index (χ0) is 19.6. The Bertz CT molecular complexity index is 887. The molecule has 5 nitrogen and oxygen atoms in total. The molecular weight excluding hydrogens is 340 g/mol. The number of aryl methyl sites for hydroxylation is 2. The maximum atomic E-state index is 12.6. The molecule has 1 saturated heterocycles. The summed E-state index contributed by atoms with van der Waals surface area (Å²) in [5, 5.41) is 2.86. The molecule has 0 aliphatic carbocycles. The van der Waals surface area contributed by atoms with E-state index in [-0.39, 0.29) is 24.0 Å². The van der Waals surface area contributed by atoms with Crippen molar-refractivity contribution >= 4 is 29.0 Å². The van der Waals surface area contributed by atoms with Crippen LogP contribution in [0.1, 0.15) is 41.8 Å². The molecule has 0 spiro atoms. The van der Waals surface area contributed by atoms with Crippen LogP contribution in [-0.2, 0) is 16.0 Å². The Balaban J connectivity index is 1.73. The van der Waals surface area contributed by atoms with Gasteiger partial charge in [0.05, 0.1) is 5.92 Å². The van der Waals surface area contributed by atoms with Crippen molar-refractivity contribution in [2.75, 3.05) is 16.8 Å². The Morgan fingerprint density at radius 3 is 2.48 bits per heavy atom. The number of ketones is 1. The van der Waals surface area contributed by atoms with Crippen molar-refractivity contribution in [3.8, 4) is 0 Å². The van der Waals surface area contributed by atoms with Crippen molar-refractivity contribution in [1.82, 2.24) is 0 Å². The van der Waals surface area contributed by atoms with Gasteiger partial charge >= 0.3 is 0 Å². The van der Waals surface area contributed by atoms with E-state index < -0.39 is 5.92 Å². The highest BCUT2D eigenvalue weighted by atomic mass is 16.2. The second-order valence-corrected chi connectivity index (χ2v) is 6.96. The predicted octanol–water partition coefficient (Wildman–Crippen LogP) is 3.75. The number of para-hydroxylation sites is 1. The average molecular weight is 364 g/mol. The zero-order valence-corrected chi connectivity index (χ0v) is 15.9. The number of hydrogen-bond donors (Lipinski definition) is 1. The molecule has 1 aliphatic heterocycles. The lowest BCUT2D eigenvalue weighted by Crippen LogP contribution is -2.29. The first-order valence-corrected chi connectivity index (χ1v) is 9.21. The van der Waals surface area contributed by atoms with Gasteiger partial charge in [-0.3, -0.25) is 14.4 Å². The molecule has 0 saturated carbocycles. The van der Waals surface area contributed by atoms with Crippen molar-refractivity contribution in [3.05, 3.63) is 59.2 Å². The highest BCUT2D eigenvalue weighted by Crippen LogP contribution is 2.32. The third kappa shape index (κ3) is 3.92. The van der Waals surface area contributed by atoms with E-state index in [1.165, 1.54) is 6.92 Å². The molecule has 0 aromatic heterocycles. The Morgan fingerprint density at radius 2 is 1.85 bits per heavy atom. The number of nitrogens with zero attached hydrogens (tertiary/aromatic N) is 1. The molecule has 2 aromatic rings. The lowest BCUT2D eigenvalue weighted by molar-refractivity contribution is -0.122. The van der Waals surface area contributed by atoms with Gasteiger partial charge in [-0.05, 0) is 55.7 Å². The van der Waals surface area contributed by atoms with Gasteiger partial charge in [0.15, 0.2) is 5.78 Å². The third-order valence-corrected chi connectivity index (χ3v) is 5.03. The molecule has 2 aromatic carbocycles. The van der Waals surface area contributed by atoms with Crippen molar-refractivity contribution in [1.29, 1.82) is 0 Å². The van der Waals surface area contributed by atoms with Gasteiger partial charge in [0.1, 0.15) is 0 Å². The number of carbonyl (C=O) groups is 3. The van der Waals surface area contributed by atoms with E-state index in [0.717, 1.165) is 23.2 Å². The molecule has 0 radical (unpaired) electrons. The summed E-state index contributed by atoms with van der Waals surface area (Å²) in [5.74, 6) is -0.608. The summed E-state index contributed by atoms with van der Waals surface area (Å²) in [6, 6.07) is 12.8. The maximum absolute atomic E-state index is 12.6. The number of hydrogen-bond acceptors (Lipinski definition) is 3. The van der Waals surface area contributed by atoms with Crippen molar-refractivity contribution in [2.24, 2.45) is 5.92 Å². The molecule has 1 heterocycles. The number of benzene rings is 2. The Morgan fingerprint density at radius 1 is 1.15 bits per heavy atom. The molecule has 1 N–H and O–H groups in total. The molecule has 1 aliphatic rings.